The van der Waals surface area contributed by atoms with Gasteiger partial charge < -0.3 is 9.47 Å². The topological polar surface area (TPSA) is 52.6 Å². The van der Waals surface area contributed by atoms with Crippen molar-refractivity contribution in [2.24, 2.45) is 0 Å². The molecule has 0 aromatic rings. The molecule has 26 heavy (non-hydrogen) atoms. The number of esters is 2. The van der Waals surface area contributed by atoms with Gasteiger partial charge in [-0.1, -0.05) is 63.8 Å². The fourth-order valence-corrected chi connectivity index (χ4v) is 2.28. The summed E-state index contributed by atoms with van der Waals surface area (Å²) in [4.78, 5) is 23.1. The number of rotatable bonds is 17. The van der Waals surface area contributed by atoms with Crippen molar-refractivity contribution in [3.8, 4) is 0 Å². The van der Waals surface area contributed by atoms with Crippen LogP contribution in [0.1, 0.15) is 90.9 Å². The highest BCUT2D eigenvalue weighted by molar-refractivity contribution is 5.70. The van der Waals surface area contributed by atoms with Crippen LogP contribution in [-0.4, -0.2) is 25.2 Å². The molecule has 0 fully saturated rings. The van der Waals surface area contributed by atoms with E-state index in [1.54, 1.807) is 0 Å². The standard InChI is InChI=1S/C22H38O4/c1-3-5-7-9-11-15-19-25-21(23)17-13-14-18-22(24)26-20-16-12-10-8-6-4-2/h9-12H,3-8,13-20H2,1-2H3/b11-9-,12-10-. The van der Waals surface area contributed by atoms with E-state index in [0.29, 0.717) is 38.9 Å². The molecular weight excluding hydrogens is 328 g/mol. The lowest BCUT2D eigenvalue weighted by Gasteiger charge is -2.04. The summed E-state index contributed by atoms with van der Waals surface area (Å²) in [7, 11) is 0. The quantitative estimate of drug-likeness (QED) is 0.182. The zero-order valence-electron chi connectivity index (χ0n) is 16.8. The summed E-state index contributed by atoms with van der Waals surface area (Å²) in [6, 6.07) is 0. The van der Waals surface area contributed by atoms with Crippen LogP contribution in [0.25, 0.3) is 0 Å². The van der Waals surface area contributed by atoms with Crippen molar-refractivity contribution in [1.82, 2.24) is 0 Å². The van der Waals surface area contributed by atoms with Gasteiger partial charge in [-0.2, -0.15) is 0 Å². The molecule has 4 heteroatoms. The SMILES string of the molecule is CCCC/C=C\CCOC(=O)CCCCC(=O)OCC/C=C\CCCC. The molecule has 0 rings (SSSR count). The fourth-order valence-electron chi connectivity index (χ4n) is 2.28. The zero-order valence-corrected chi connectivity index (χ0v) is 16.8. The van der Waals surface area contributed by atoms with E-state index >= 15 is 0 Å². The van der Waals surface area contributed by atoms with Gasteiger partial charge in [-0.05, 0) is 38.5 Å². The van der Waals surface area contributed by atoms with Crippen LogP contribution in [0.15, 0.2) is 24.3 Å². The average Bonchev–Trinajstić information content (AvgIpc) is 2.64. The van der Waals surface area contributed by atoms with E-state index in [9.17, 15) is 9.59 Å². The van der Waals surface area contributed by atoms with E-state index in [1.807, 2.05) is 0 Å². The van der Waals surface area contributed by atoms with Crippen molar-refractivity contribution >= 4 is 11.9 Å². The van der Waals surface area contributed by atoms with Crippen LogP contribution >= 0.6 is 0 Å². The molecule has 0 saturated heterocycles. The van der Waals surface area contributed by atoms with Crippen molar-refractivity contribution in [2.75, 3.05) is 13.2 Å². The molecule has 0 heterocycles. The number of carbonyl (C=O) groups is 2. The largest absolute Gasteiger partial charge is 0.465 e. The van der Waals surface area contributed by atoms with E-state index in [4.69, 9.17) is 9.47 Å². The maximum Gasteiger partial charge on any atom is 0.305 e. The lowest BCUT2D eigenvalue weighted by atomic mass is 10.2. The van der Waals surface area contributed by atoms with E-state index in [1.165, 1.54) is 25.7 Å². The first-order valence-corrected chi connectivity index (χ1v) is 10.3. The minimum atomic E-state index is -0.183. The van der Waals surface area contributed by atoms with Crippen LogP contribution in [0.5, 0.6) is 0 Å². The molecule has 0 aromatic carbocycles. The second kappa shape index (κ2) is 19.7. The highest BCUT2D eigenvalue weighted by Gasteiger charge is 2.05. The van der Waals surface area contributed by atoms with Gasteiger partial charge in [0.25, 0.3) is 0 Å². The number of hydrogen-bond donors (Lipinski definition) is 0. The average molecular weight is 367 g/mol. The third kappa shape index (κ3) is 18.8. The Bertz CT molecular complexity index is 361. The van der Waals surface area contributed by atoms with Gasteiger partial charge in [0.15, 0.2) is 0 Å². The molecule has 0 spiro atoms. The monoisotopic (exact) mass is 366 g/mol. The van der Waals surface area contributed by atoms with Crippen molar-refractivity contribution in [3.05, 3.63) is 24.3 Å². The molecule has 0 atom stereocenters. The number of ether oxygens (including phenoxy) is 2. The molecule has 0 unspecified atom stereocenters. The molecule has 150 valence electrons. The lowest BCUT2D eigenvalue weighted by Crippen LogP contribution is -2.07. The summed E-state index contributed by atoms with van der Waals surface area (Å²) in [6.45, 7) is 5.22. The second-order valence-electron chi connectivity index (χ2n) is 6.45. The van der Waals surface area contributed by atoms with Crippen LogP contribution in [0.2, 0.25) is 0 Å². The summed E-state index contributed by atoms with van der Waals surface area (Å²) >= 11 is 0. The van der Waals surface area contributed by atoms with Crippen LogP contribution in [0.3, 0.4) is 0 Å². The molecule has 0 aromatic heterocycles. The van der Waals surface area contributed by atoms with Crippen LogP contribution < -0.4 is 0 Å². The van der Waals surface area contributed by atoms with E-state index in [2.05, 4.69) is 38.2 Å². The Kier molecular flexibility index (Phi) is 18.5. The van der Waals surface area contributed by atoms with Gasteiger partial charge in [-0.15, -0.1) is 0 Å². The Balaban J connectivity index is 3.43. The second-order valence-corrected chi connectivity index (χ2v) is 6.45. The predicted molar refractivity (Wildman–Crippen MR) is 107 cm³/mol. The first kappa shape index (κ1) is 24.4. The summed E-state index contributed by atoms with van der Waals surface area (Å²) in [5.41, 5.74) is 0. The summed E-state index contributed by atoms with van der Waals surface area (Å²) in [6.07, 6.45) is 19.0. The molecule has 0 amide bonds. The van der Waals surface area contributed by atoms with Crippen molar-refractivity contribution in [1.29, 1.82) is 0 Å². The highest BCUT2D eigenvalue weighted by Crippen LogP contribution is 2.04. The van der Waals surface area contributed by atoms with Gasteiger partial charge in [-0.25, -0.2) is 0 Å². The number of hydrogen-bond acceptors (Lipinski definition) is 4. The summed E-state index contributed by atoms with van der Waals surface area (Å²) in [5.74, 6) is -0.366. The van der Waals surface area contributed by atoms with Crippen molar-refractivity contribution in [2.45, 2.75) is 90.9 Å². The fraction of sp³-hybridized carbons (Fsp3) is 0.727. The first-order chi connectivity index (χ1) is 12.7. The minimum absolute atomic E-state index is 0.183. The van der Waals surface area contributed by atoms with Crippen LogP contribution in [0.4, 0.5) is 0 Å². The Morgan fingerprint density at radius 1 is 0.615 bits per heavy atom. The van der Waals surface area contributed by atoms with Gasteiger partial charge in [0.05, 0.1) is 13.2 Å². The molecule has 0 saturated carbocycles. The van der Waals surface area contributed by atoms with Gasteiger partial charge in [0, 0.05) is 12.8 Å². The van der Waals surface area contributed by atoms with E-state index in [0.717, 1.165) is 25.7 Å². The Labute approximate surface area is 160 Å². The Morgan fingerprint density at radius 2 is 1.00 bits per heavy atom. The van der Waals surface area contributed by atoms with Gasteiger partial charge in [0.1, 0.15) is 0 Å². The predicted octanol–water partition coefficient (Wildman–Crippen LogP) is 5.91. The highest BCUT2D eigenvalue weighted by atomic mass is 16.5. The maximum atomic E-state index is 11.6. The number of carbonyl (C=O) groups excluding carboxylic acids is 2. The van der Waals surface area contributed by atoms with Crippen molar-refractivity contribution < 1.29 is 19.1 Å². The molecule has 0 aliphatic rings. The molecule has 0 aliphatic carbocycles. The summed E-state index contributed by atoms with van der Waals surface area (Å²) < 4.78 is 10.3. The lowest BCUT2D eigenvalue weighted by molar-refractivity contribution is -0.145. The molecule has 0 bridgehead atoms. The van der Waals surface area contributed by atoms with E-state index < -0.39 is 0 Å². The molecule has 4 nitrogen and oxygen atoms in total. The molecular formula is C22H38O4. The third-order valence-electron chi connectivity index (χ3n) is 3.89. The third-order valence-corrected chi connectivity index (χ3v) is 3.89. The Hall–Kier alpha value is -1.58. The van der Waals surface area contributed by atoms with Gasteiger partial charge in [-0.3, -0.25) is 9.59 Å². The molecule has 0 aliphatic heterocycles. The smallest absolute Gasteiger partial charge is 0.305 e. The van der Waals surface area contributed by atoms with Gasteiger partial charge >= 0.3 is 11.9 Å². The minimum Gasteiger partial charge on any atom is -0.465 e. The van der Waals surface area contributed by atoms with E-state index in [-0.39, 0.29) is 11.9 Å². The maximum absolute atomic E-state index is 11.6. The van der Waals surface area contributed by atoms with Gasteiger partial charge in [0.2, 0.25) is 0 Å². The van der Waals surface area contributed by atoms with Crippen molar-refractivity contribution in [3.63, 3.8) is 0 Å². The first-order valence-electron chi connectivity index (χ1n) is 10.3. The summed E-state index contributed by atoms with van der Waals surface area (Å²) in [5, 5.41) is 0. The Morgan fingerprint density at radius 3 is 1.38 bits per heavy atom. The number of allylic oxidation sites excluding steroid dienone is 2. The van der Waals surface area contributed by atoms with Crippen LogP contribution in [0, 0.1) is 0 Å². The zero-order chi connectivity index (χ0) is 19.3. The molecule has 0 N–H and O–H groups in total. The van der Waals surface area contributed by atoms with Crippen LogP contribution in [-0.2, 0) is 19.1 Å². The normalized spacial score (nSPS) is 11.3. The number of unbranched alkanes of at least 4 members (excludes halogenated alkanes) is 5. The molecule has 0 radical (unpaired) electrons.